The van der Waals surface area contributed by atoms with E-state index in [0.29, 0.717) is 18.0 Å². The molecule has 1 saturated heterocycles. The normalized spacial score (nSPS) is 17.5. The van der Waals surface area contributed by atoms with E-state index in [1.807, 2.05) is 24.3 Å². The molecule has 0 radical (unpaired) electrons. The highest BCUT2D eigenvalue weighted by molar-refractivity contribution is 6.04. The van der Waals surface area contributed by atoms with Crippen LogP contribution in [0.5, 0.6) is 0 Å². The van der Waals surface area contributed by atoms with Gasteiger partial charge in [-0.15, -0.1) is 0 Å². The molecular weight excluding hydrogens is 545 g/mol. The fraction of sp³-hybridized carbons (Fsp3) is 0.375. The van der Waals surface area contributed by atoms with Crippen LogP contribution < -0.4 is 11.1 Å². The second kappa shape index (κ2) is 14.4. The second-order valence-electron chi connectivity index (χ2n) is 10.7. The van der Waals surface area contributed by atoms with Gasteiger partial charge in [-0.1, -0.05) is 48.5 Å². The van der Waals surface area contributed by atoms with Gasteiger partial charge in [0.1, 0.15) is 0 Å². The molecule has 0 bridgehead atoms. The van der Waals surface area contributed by atoms with Crippen molar-refractivity contribution in [2.75, 3.05) is 38.0 Å². The maximum Gasteiger partial charge on any atom is 0.490 e. The zero-order valence-corrected chi connectivity index (χ0v) is 23.4. The molecule has 1 aliphatic carbocycles. The number of nitrogens with zero attached hydrogens (tertiary/aromatic N) is 2. The number of aryl methyl sites for hydroxylation is 1. The molecule has 0 spiro atoms. The van der Waals surface area contributed by atoms with E-state index in [1.54, 1.807) is 0 Å². The van der Waals surface area contributed by atoms with Gasteiger partial charge in [-0.3, -0.25) is 14.6 Å². The number of carbonyl (C=O) groups excluding carboxylic acids is 1. The van der Waals surface area contributed by atoms with E-state index in [4.69, 9.17) is 15.6 Å². The van der Waals surface area contributed by atoms with Crippen LogP contribution in [0.2, 0.25) is 0 Å². The molecule has 10 heteroatoms. The van der Waals surface area contributed by atoms with Crippen LogP contribution in [0.25, 0.3) is 0 Å². The van der Waals surface area contributed by atoms with Crippen molar-refractivity contribution in [3.05, 3.63) is 101 Å². The summed E-state index contributed by atoms with van der Waals surface area (Å²) < 4.78 is 31.7. The number of carbonyl (C=O) groups is 2. The number of fused-ring (bicyclic) bond motifs is 1. The SMILES string of the molecule is NCC1CCCc2ccc(C(=O)Nc3ccc(CN4CCN(Cc5ccccc5)CC4)cc3)cc21.O=C(O)C(F)(F)F. The lowest BCUT2D eigenvalue weighted by molar-refractivity contribution is -0.192. The van der Waals surface area contributed by atoms with Crippen molar-refractivity contribution in [2.24, 2.45) is 5.73 Å². The van der Waals surface area contributed by atoms with Crippen molar-refractivity contribution in [1.82, 2.24) is 9.80 Å². The van der Waals surface area contributed by atoms with Gasteiger partial charge in [0.25, 0.3) is 5.91 Å². The first-order valence-corrected chi connectivity index (χ1v) is 14.1. The summed E-state index contributed by atoms with van der Waals surface area (Å²) in [7, 11) is 0. The van der Waals surface area contributed by atoms with Gasteiger partial charge in [0, 0.05) is 50.5 Å². The van der Waals surface area contributed by atoms with Crippen molar-refractivity contribution in [3.8, 4) is 0 Å². The maximum atomic E-state index is 12.9. The molecule has 4 N–H and O–H groups in total. The van der Waals surface area contributed by atoms with E-state index >= 15 is 0 Å². The summed E-state index contributed by atoms with van der Waals surface area (Å²) in [6.07, 6.45) is -1.72. The largest absolute Gasteiger partial charge is 0.490 e. The fourth-order valence-electron chi connectivity index (χ4n) is 5.39. The highest BCUT2D eigenvalue weighted by Crippen LogP contribution is 2.31. The van der Waals surface area contributed by atoms with Crippen LogP contribution in [-0.2, 0) is 24.3 Å². The molecule has 3 aromatic carbocycles. The number of rotatable bonds is 7. The summed E-state index contributed by atoms with van der Waals surface area (Å²) in [6.45, 7) is 6.95. The van der Waals surface area contributed by atoms with Crippen LogP contribution in [0.3, 0.4) is 0 Å². The number of nitrogens with two attached hydrogens (primary N) is 1. The molecule has 5 rings (SSSR count). The zero-order valence-electron chi connectivity index (χ0n) is 23.4. The number of alkyl halides is 3. The molecule has 7 nitrogen and oxygen atoms in total. The van der Waals surface area contributed by atoms with Crippen molar-refractivity contribution < 1.29 is 27.9 Å². The monoisotopic (exact) mass is 582 g/mol. The molecule has 2 aliphatic rings. The van der Waals surface area contributed by atoms with Crippen LogP contribution in [-0.4, -0.2) is 65.7 Å². The standard InChI is InChI=1S/C30H36N4O.C2HF3O2/c31-20-27-8-4-7-25-11-12-26(19-29(25)27)30(35)32-28-13-9-24(10-14-28)22-34-17-15-33(16-18-34)21-23-5-2-1-3-6-23;3-2(4,5)1(6)7/h1-3,5-6,9-14,19,27H,4,7-8,15-18,20-22,31H2,(H,32,35);(H,6,7). The molecule has 1 amide bonds. The number of amides is 1. The Balaban J connectivity index is 0.000000517. The number of aliphatic carboxylic acids is 1. The summed E-state index contributed by atoms with van der Waals surface area (Å²) in [5.41, 5.74) is 12.8. The lowest BCUT2D eigenvalue weighted by Gasteiger charge is -2.34. The molecule has 1 atom stereocenters. The average molecular weight is 583 g/mol. The Labute approximate surface area is 244 Å². The Kier molecular flexibility index (Phi) is 10.7. The smallest absolute Gasteiger partial charge is 0.475 e. The van der Waals surface area contributed by atoms with Gasteiger partial charge in [0.2, 0.25) is 0 Å². The number of anilines is 1. The van der Waals surface area contributed by atoms with Gasteiger partial charge in [-0.2, -0.15) is 13.2 Å². The molecule has 0 aromatic heterocycles. The van der Waals surface area contributed by atoms with E-state index < -0.39 is 12.1 Å². The summed E-state index contributed by atoms with van der Waals surface area (Å²) in [5.74, 6) is -2.45. The number of hydrogen-bond donors (Lipinski definition) is 3. The molecule has 1 aliphatic heterocycles. The highest BCUT2D eigenvalue weighted by Gasteiger charge is 2.38. The molecule has 1 fully saturated rings. The summed E-state index contributed by atoms with van der Waals surface area (Å²) >= 11 is 0. The van der Waals surface area contributed by atoms with Crippen LogP contribution in [0.4, 0.5) is 18.9 Å². The number of piperazine rings is 1. The Bertz CT molecular complexity index is 1330. The third kappa shape index (κ3) is 8.88. The third-order valence-electron chi connectivity index (χ3n) is 7.71. The average Bonchev–Trinajstić information content (AvgIpc) is 2.99. The third-order valence-corrected chi connectivity index (χ3v) is 7.71. The number of carboxylic acids is 1. The highest BCUT2D eigenvalue weighted by atomic mass is 19.4. The Morgan fingerprint density at radius 1 is 0.881 bits per heavy atom. The minimum Gasteiger partial charge on any atom is -0.475 e. The van der Waals surface area contributed by atoms with Crippen molar-refractivity contribution >= 4 is 17.6 Å². The van der Waals surface area contributed by atoms with Gasteiger partial charge in [-0.25, -0.2) is 4.79 Å². The topological polar surface area (TPSA) is 98.9 Å². The molecule has 1 unspecified atom stereocenters. The van der Waals surface area contributed by atoms with E-state index in [2.05, 4.69) is 63.6 Å². The minimum absolute atomic E-state index is 0.0589. The lowest BCUT2D eigenvalue weighted by atomic mass is 9.82. The van der Waals surface area contributed by atoms with Crippen LogP contribution in [0, 0.1) is 0 Å². The van der Waals surface area contributed by atoms with E-state index in [9.17, 15) is 18.0 Å². The predicted molar refractivity (Wildman–Crippen MR) is 156 cm³/mol. The number of benzene rings is 3. The predicted octanol–water partition coefficient (Wildman–Crippen LogP) is 5.27. The van der Waals surface area contributed by atoms with Gasteiger partial charge < -0.3 is 16.2 Å². The van der Waals surface area contributed by atoms with Crippen molar-refractivity contribution in [3.63, 3.8) is 0 Å². The minimum atomic E-state index is -5.08. The van der Waals surface area contributed by atoms with E-state index in [1.165, 1.54) is 28.7 Å². The molecule has 1 heterocycles. The molecular formula is C32H37F3N4O3. The van der Waals surface area contributed by atoms with E-state index in [-0.39, 0.29) is 5.91 Å². The maximum absolute atomic E-state index is 12.9. The summed E-state index contributed by atoms with van der Waals surface area (Å²) in [4.78, 5) is 26.8. The van der Waals surface area contributed by atoms with Gasteiger partial charge >= 0.3 is 12.1 Å². The lowest BCUT2D eigenvalue weighted by Crippen LogP contribution is -2.45. The number of halogens is 3. The molecule has 3 aromatic rings. The first-order valence-electron chi connectivity index (χ1n) is 14.1. The fourth-order valence-corrected chi connectivity index (χ4v) is 5.39. The molecule has 0 saturated carbocycles. The first kappa shape index (κ1) is 31.2. The Morgan fingerprint density at radius 2 is 1.45 bits per heavy atom. The number of carboxylic acid groups (broad SMARTS) is 1. The Morgan fingerprint density at radius 3 is 2.00 bits per heavy atom. The van der Waals surface area contributed by atoms with E-state index in [0.717, 1.165) is 57.8 Å². The first-order chi connectivity index (χ1) is 20.1. The number of nitrogens with one attached hydrogen (secondary N) is 1. The van der Waals surface area contributed by atoms with Gasteiger partial charge in [0.15, 0.2) is 0 Å². The second-order valence-corrected chi connectivity index (χ2v) is 10.7. The molecule has 42 heavy (non-hydrogen) atoms. The van der Waals surface area contributed by atoms with Gasteiger partial charge in [0.05, 0.1) is 0 Å². The summed E-state index contributed by atoms with van der Waals surface area (Å²) in [5, 5.41) is 10.2. The quantitative estimate of drug-likeness (QED) is 0.351. The van der Waals surface area contributed by atoms with Crippen LogP contribution in [0.15, 0.2) is 72.8 Å². The Hall–Kier alpha value is -3.73. The van der Waals surface area contributed by atoms with Crippen LogP contribution >= 0.6 is 0 Å². The van der Waals surface area contributed by atoms with Gasteiger partial charge in [-0.05, 0) is 78.2 Å². The van der Waals surface area contributed by atoms with Crippen LogP contribution in [0.1, 0.15) is 51.4 Å². The van der Waals surface area contributed by atoms with Crippen molar-refractivity contribution in [2.45, 2.75) is 44.4 Å². The zero-order chi connectivity index (χ0) is 30.1. The molecule has 224 valence electrons. The van der Waals surface area contributed by atoms with Crippen molar-refractivity contribution in [1.29, 1.82) is 0 Å². The summed E-state index contributed by atoms with van der Waals surface area (Å²) in [6, 6.07) is 25.1. The number of hydrogen-bond acceptors (Lipinski definition) is 5.